The quantitative estimate of drug-likeness (QED) is 0.0215. The third-order valence-corrected chi connectivity index (χ3v) is 25.0. The normalized spacial score (nSPS) is 24.9. The van der Waals surface area contributed by atoms with Gasteiger partial charge in [-0.3, -0.25) is 86.3 Å². The summed E-state index contributed by atoms with van der Waals surface area (Å²) in [6.07, 6.45) is 0.383. The number of carboxylic acids is 1. The van der Waals surface area contributed by atoms with E-state index in [4.69, 9.17) is 33.4 Å². The molecule has 3 aliphatic heterocycles. The van der Waals surface area contributed by atoms with Gasteiger partial charge in [0, 0.05) is 113 Å². The molecule has 17 amide bonds. The highest BCUT2D eigenvalue weighted by Crippen LogP contribution is 2.28. The molecular weight excluding hydrogens is 1750 g/mol. The van der Waals surface area contributed by atoms with Gasteiger partial charge in [-0.1, -0.05) is 88.1 Å². The van der Waals surface area contributed by atoms with Crippen LogP contribution in [0.3, 0.4) is 0 Å². The van der Waals surface area contributed by atoms with Gasteiger partial charge in [-0.15, -0.1) is 11.8 Å². The number of ether oxygens (including phenoxy) is 1. The maximum Gasteiger partial charge on any atom is 0.303 e. The number of thioether (sulfide) groups is 1. The Labute approximate surface area is 773 Å². The molecule has 44 heteroatoms. The molecule has 24 N–H and O–H groups in total. The summed E-state index contributed by atoms with van der Waals surface area (Å²) >= 11 is 0.729. The molecule has 3 aliphatic rings. The van der Waals surface area contributed by atoms with Crippen molar-refractivity contribution in [2.24, 2.45) is 28.7 Å². The van der Waals surface area contributed by atoms with Crippen LogP contribution >= 0.6 is 11.8 Å². The molecule has 0 aliphatic carbocycles. The number of hydrogen-bond acceptors (Lipinski definition) is 24. The smallest absolute Gasteiger partial charge is 0.303 e. The van der Waals surface area contributed by atoms with Gasteiger partial charge in [0.2, 0.25) is 100 Å². The van der Waals surface area contributed by atoms with E-state index in [9.17, 15) is 63.0 Å². The zero-order valence-corrected chi connectivity index (χ0v) is 76.8. The lowest BCUT2D eigenvalue weighted by molar-refractivity contribution is -0.149. The number of amides is 17. The molecule has 133 heavy (non-hydrogen) atoms. The van der Waals surface area contributed by atoms with Crippen molar-refractivity contribution in [1.82, 2.24) is 87.6 Å². The zero-order chi connectivity index (χ0) is 97.4. The summed E-state index contributed by atoms with van der Waals surface area (Å²) in [5.74, 6) is -18.3. The first-order valence-electron chi connectivity index (χ1n) is 44.7. The average molecular weight is 1870 g/mol. The van der Waals surface area contributed by atoms with Crippen molar-refractivity contribution in [1.29, 1.82) is 0 Å². The number of H-pyrrole nitrogens is 2. The van der Waals surface area contributed by atoms with Gasteiger partial charge in [-0.2, -0.15) is 0 Å². The van der Waals surface area contributed by atoms with Crippen molar-refractivity contribution < 1.29 is 101 Å². The SMILES string of the molecule is CCCC[C@H]1C(=O)N(C)[C@@H](CCCC)C(=O)N[C@@H](CCC(=O)O)C(=O)N[C@H](C(=O)NCC(N)=O)CSCC(=O)N[C@@H](Cc2ccc(OC)cc2)C(=O)N(C)[C@@H](C)C(=O)N[C@H](CC(N)=O)C(=O)N2CCC[C@H]2C(=O)N[C@@H](CN)C(=O)N[C@@H](CCCCN)C(=O)N2C[C@H](O)C[C@H]2C(=O)N[C@@H](Cc2c[nH]c3ccccc23)C(=O)N[C@@H](CCN)C(=O)N[C@@H](Cc2c[nH]c3ccccc23)C(=O)N1C. The van der Waals surface area contributed by atoms with Gasteiger partial charge in [0.1, 0.15) is 90.3 Å². The Bertz CT molecular complexity index is 4960. The van der Waals surface area contributed by atoms with Gasteiger partial charge in [-0.25, -0.2) is 0 Å². The van der Waals surface area contributed by atoms with E-state index in [1.54, 1.807) is 92.1 Å². The molecule has 0 radical (unpaired) electrons. The molecule has 15 atom stereocenters. The van der Waals surface area contributed by atoms with Gasteiger partial charge in [0.15, 0.2) is 0 Å². The average Bonchev–Trinajstić information content (AvgIpc) is 1.73. The highest BCUT2D eigenvalue weighted by atomic mass is 32.2. The number of fused-ring (bicyclic) bond motifs is 4. The number of aliphatic hydroxyl groups is 1. The fourth-order valence-corrected chi connectivity index (χ4v) is 17.2. The number of carbonyl (C=O) groups is 18. The van der Waals surface area contributed by atoms with Gasteiger partial charge in [-0.05, 0) is 119 Å². The minimum Gasteiger partial charge on any atom is -0.497 e. The van der Waals surface area contributed by atoms with Gasteiger partial charge < -0.3 is 131 Å². The molecule has 3 saturated heterocycles. The number of nitrogens with one attached hydrogen (secondary N) is 12. The van der Waals surface area contributed by atoms with Crippen LogP contribution in [-0.4, -0.2) is 321 Å². The number of aliphatic hydroxyl groups excluding tert-OH is 1. The number of unbranched alkanes of at least 4 members (excludes halogenated alkanes) is 3. The highest BCUT2D eigenvalue weighted by molar-refractivity contribution is 8.00. The van der Waals surface area contributed by atoms with Crippen LogP contribution in [0.1, 0.15) is 140 Å². The van der Waals surface area contributed by atoms with Crippen molar-refractivity contribution in [2.75, 3.05) is 79.0 Å². The molecule has 3 fully saturated rings. The van der Waals surface area contributed by atoms with Crippen molar-refractivity contribution >= 4 is 140 Å². The molecular formula is C89H128N22O21S. The van der Waals surface area contributed by atoms with Crippen LogP contribution in [0.15, 0.2) is 85.2 Å². The van der Waals surface area contributed by atoms with Crippen molar-refractivity contribution in [2.45, 2.75) is 233 Å². The van der Waals surface area contributed by atoms with Crippen LogP contribution < -0.4 is 86.6 Å². The lowest BCUT2D eigenvalue weighted by Crippen LogP contribution is -2.61. The lowest BCUT2D eigenvalue weighted by atomic mass is 9.99. The predicted octanol–water partition coefficient (Wildman–Crippen LogP) is -3.59. The summed E-state index contributed by atoms with van der Waals surface area (Å²) in [7, 11) is 5.30. The first-order valence-corrected chi connectivity index (χ1v) is 45.9. The number of hydrogen-bond donors (Lipinski definition) is 19. The Kier molecular flexibility index (Phi) is 40.7. The minimum absolute atomic E-state index is 0.0189. The van der Waals surface area contributed by atoms with Crippen molar-refractivity contribution in [3.63, 3.8) is 0 Å². The second-order valence-corrected chi connectivity index (χ2v) is 34.6. The van der Waals surface area contributed by atoms with E-state index in [1.165, 1.54) is 35.2 Å². The summed E-state index contributed by atoms with van der Waals surface area (Å²) in [6, 6.07) is -1.32. The van der Waals surface area contributed by atoms with E-state index in [2.05, 4.69) is 63.1 Å². The van der Waals surface area contributed by atoms with Crippen molar-refractivity contribution in [3.8, 4) is 5.75 Å². The van der Waals surface area contributed by atoms with Crippen LogP contribution in [0.5, 0.6) is 5.75 Å². The number of nitrogens with two attached hydrogens (primary N) is 5. The lowest BCUT2D eigenvalue weighted by Gasteiger charge is -2.36. The van der Waals surface area contributed by atoms with Gasteiger partial charge in [0.25, 0.3) is 0 Å². The molecule has 0 saturated carbocycles. The summed E-state index contributed by atoms with van der Waals surface area (Å²) < 4.78 is 5.33. The van der Waals surface area contributed by atoms with Crippen LogP contribution in [0, 0.1) is 0 Å². The number of carbonyl (C=O) groups excluding carboxylic acids is 17. The first kappa shape index (κ1) is 106. The molecule has 3 aromatic carbocycles. The Balaban J connectivity index is 1.19. The second kappa shape index (κ2) is 51.3. The number of aliphatic carboxylic acids is 1. The van der Waals surface area contributed by atoms with E-state index in [-0.39, 0.29) is 96.7 Å². The number of carboxylic acid groups (broad SMARTS) is 1. The third-order valence-electron chi connectivity index (χ3n) is 24.0. The fraction of sp³-hybridized carbons (Fsp3) is 0.551. The van der Waals surface area contributed by atoms with Gasteiger partial charge in [0.05, 0.1) is 31.9 Å². The largest absolute Gasteiger partial charge is 0.497 e. The number of likely N-dealkylation sites (N-methyl/N-ethyl adjacent to an activating group) is 3. The molecule has 726 valence electrons. The number of aromatic nitrogens is 2. The highest BCUT2D eigenvalue weighted by Gasteiger charge is 2.47. The summed E-state index contributed by atoms with van der Waals surface area (Å²) in [6.45, 7) is 2.89. The van der Waals surface area contributed by atoms with Crippen LogP contribution in [-0.2, 0) is 106 Å². The number of benzene rings is 3. The number of nitrogens with zero attached hydrogens (tertiary/aromatic N) is 5. The minimum atomic E-state index is -1.78. The van der Waals surface area contributed by atoms with E-state index in [1.807, 2.05) is 6.92 Å². The van der Waals surface area contributed by atoms with E-state index in [0.29, 0.717) is 69.9 Å². The predicted molar refractivity (Wildman–Crippen MR) is 489 cm³/mol. The summed E-state index contributed by atoms with van der Waals surface area (Å²) in [5, 5.41) is 48.9. The van der Waals surface area contributed by atoms with E-state index in [0.717, 1.165) is 36.3 Å². The van der Waals surface area contributed by atoms with Crippen LogP contribution in [0.25, 0.3) is 21.8 Å². The Morgan fingerprint density at radius 1 is 0.511 bits per heavy atom. The molecule has 5 aromatic rings. The maximum absolute atomic E-state index is 15.8. The number of aromatic amines is 2. The summed E-state index contributed by atoms with van der Waals surface area (Å²) in [5.41, 5.74) is 32.3. The maximum atomic E-state index is 15.8. The van der Waals surface area contributed by atoms with E-state index >= 15 is 33.6 Å². The monoisotopic (exact) mass is 1870 g/mol. The molecule has 2 aromatic heterocycles. The first-order chi connectivity index (χ1) is 63.4. The summed E-state index contributed by atoms with van der Waals surface area (Å²) in [4.78, 5) is 273. The van der Waals surface area contributed by atoms with Crippen molar-refractivity contribution in [3.05, 3.63) is 102 Å². The molecule has 0 bridgehead atoms. The Morgan fingerprint density at radius 3 is 1.64 bits per heavy atom. The molecule has 0 spiro atoms. The third kappa shape index (κ3) is 29.6. The van der Waals surface area contributed by atoms with Crippen LogP contribution in [0.4, 0.5) is 0 Å². The Morgan fingerprint density at radius 2 is 1.04 bits per heavy atom. The zero-order valence-electron chi connectivity index (χ0n) is 76.0. The Hall–Kier alpha value is -12.8. The number of rotatable bonds is 28. The molecule has 43 nitrogen and oxygen atoms in total. The number of methoxy groups -OCH3 is 1. The fourth-order valence-electron chi connectivity index (χ4n) is 16.4. The second-order valence-electron chi connectivity index (χ2n) is 33.6. The molecule has 0 unspecified atom stereocenters. The number of primary amides is 2. The molecule has 5 heterocycles. The standard InChI is InChI=1S/C89H128N22O21S/c1-8-10-24-68-82(124)100-59(31-32-75(116)117)78(120)106-67(77(119)97-45-73(94)114)47-133-48-74(115)98-63(37-50-27-29-54(132-7)30-28-50)85(127)107(4)49(3)76(118)103-65(41-72(93)113)88(130)110-36-18-26-69(110)83(125)105-66(42-92)81(123)101-61(23-16-17-34-90)87(129)111-46-53(112)40-71(111)84(126)102-62(38-51-43-95-57-21-14-12-19-55(51)57)80(122)99-60(33-35-91)79(121)104-64(39-52-44-96-58-22-15-13-20-56(52)58)86(128)109(6)70(25-11-9-2)89(131)108(68)5/h12-15,19-22,27-30,43-44,49,53,59-71,95-96,112H,8-11,16-18,23-26,31-42,45-48,90-92H2,1-7H3,(H2,93,113)(H2,94,114)(H,97,119)(H,98,115)(H,99,122)(H,100,124)(H,101,123)(H,102,126)(H,103,118)(H,104,121)(H,105,125)(H,106,120)(H,116,117)/t49-,53+,59-,60-,61-,62-,63-,64-,65+,66-,67-,68-,69-,70-,71-/m0/s1. The number of para-hydroxylation sites is 2. The van der Waals surface area contributed by atoms with E-state index < -0.39 is 247 Å². The topological polar surface area (TPSA) is 655 Å². The van der Waals surface area contributed by atoms with Crippen LogP contribution in [0.2, 0.25) is 0 Å². The molecule has 8 rings (SSSR count). The van der Waals surface area contributed by atoms with Gasteiger partial charge >= 0.3 is 5.97 Å².